The molecule has 0 bridgehead atoms. The van der Waals surface area contributed by atoms with Crippen LogP contribution in [-0.4, -0.2) is 17.9 Å². The summed E-state index contributed by atoms with van der Waals surface area (Å²) in [6.45, 7) is 3.45. The van der Waals surface area contributed by atoms with Crippen LogP contribution in [0.2, 0.25) is 0 Å². The molecule has 2 aromatic carbocycles. The van der Waals surface area contributed by atoms with Gasteiger partial charge in [0, 0.05) is 0 Å². The summed E-state index contributed by atoms with van der Waals surface area (Å²) in [6, 6.07) is 12.9. The lowest BCUT2D eigenvalue weighted by molar-refractivity contribution is -0.132. The van der Waals surface area contributed by atoms with E-state index in [1.54, 1.807) is 0 Å². The Morgan fingerprint density at radius 2 is 1.75 bits per heavy atom. The second kappa shape index (κ2) is 8.10. The predicted molar refractivity (Wildman–Crippen MR) is 87.7 cm³/mol. The van der Waals surface area contributed by atoms with Crippen molar-refractivity contribution in [2.24, 2.45) is 0 Å². The van der Waals surface area contributed by atoms with Crippen molar-refractivity contribution in [2.75, 3.05) is 0 Å². The third-order valence-electron chi connectivity index (χ3n) is 3.43. The summed E-state index contributed by atoms with van der Waals surface area (Å²) >= 11 is 0. The molecule has 0 heterocycles. The van der Waals surface area contributed by atoms with E-state index in [0.717, 1.165) is 11.1 Å². The number of amides is 2. The van der Waals surface area contributed by atoms with E-state index in [9.17, 15) is 14.0 Å². The van der Waals surface area contributed by atoms with Crippen molar-refractivity contribution >= 4 is 11.8 Å². The van der Waals surface area contributed by atoms with Gasteiger partial charge in [-0.3, -0.25) is 20.4 Å². The van der Waals surface area contributed by atoms with E-state index in [4.69, 9.17) is 4.74 Å². The summed E-state index contributed by atoms with van der Waals surface area (Å²) < 4.78 is 18.2. The minimum absolute atomic E-state index is 0.167. The highest BCUT2D eigenvalue weighted by molar-refractivity contribution is 5.85. The molecular weight excluding hydrogens is 311 g/mol. The quantitative estimate of drug-likeness (QED) is 0.827. The number of ether oxygens (including phenoxy) is 1. The van der Waals surface area contributed by atoms with Gasteiger partial charge in [0.15, 0.2) is 6.10 Å². The lowest BCUT2D eigenvalue weighted by atomic mass is 10.1. The molecular formula is C18H19FN2O3. The van der Waals surface area contributed by atoms with Crippen molar-refractivity contribution in [3.63, 3.8) is 0 Å². The van der Waals surface area contributed by atoms with E-state index in [0.29, 0.717) is 5.75 Å². The largest absolute Gasteiger partial charge is 0.481 e. The van der Waals surface area contributed by atoms with Gasteiger partial charge in [-0.25, -0.2) is 4.39 Å². The van der Waals surface area contributed by atoms with Gasteiger partial charge in [-0.1, -0.05) is 24.3 Å². The maximum Gasteiger partial charge on any atom is 0.279 e. The fourth-order valence-corrected chi connectivity index (χ4v) is 2.03. The van der Waals surface area contributed by atoms with Crippen LogP contribution in [0.4, 0.5) is 4.39 Å². The topological polar surface area (TPSA) is 67.4 Å². The van der Waals surface area contributed by atoms with E-state index >= 15 is 0 Å². The summed E-state index contributed by atoms with van der Waals surface area (Å²) in [4.78, 5) is 23.8. The first kappa shape index (κ1) is 17.5. The van der Waals surface area contributed by atoms with Crippen molar-refractivity contribution < 1.29 is 18.7 Å². The first-order valence-electron chi connectivity index (χ1n) is 7.51. The number of hydrogen-bond acceptors (Lipinski definition) is 3. The van der Waals surface area contributed by atoms with Crippen molar-refractivity contribution in [3.05, 3.63) is 65.5 Å². The van der Waals surface area contributed by atoms with Crippen molar-refractivity contribution in [1.82, 2.24) is 10.9 Å². The van der Waals surface area contributed by atoms with Gasteiger partial charge in [0.1, 0.15) is 11.6 Å². The van der Waals surface area contributed by atoms with Gasteiger partial charge < -0.3 is 4.74 Å². The Hall–Kier alpha value is -2.89. The van der Waals surface area contributed by atoms with E-state index < -0.39 is 12.0 Å². The van der Waals surface area contributed by atoms with E-state index in [-0.39, 0.29) is 18.1 Å². The highest BCUT2D eigenvalue weighted by Gasteiger charge is 2.15. The molecule has 0 aromatic heterocycles. The zero-order chi connectivity index (χ0) is 17.5. The third-order valence-corrected chi connectivity index (χ3v) is 3.43. The molecule has 5 nitrogen and oxygen atoms in total. The lowest BCUT2D eigenvalue weighted by Gasteiger charge is -2.15. The summed E-state index contributed by atoms with van der Waals surface area (Å²) in [5.74, 6) is -0.850. The molecule has 0 saturated heterocycles. The van der Waals surface area contributed by atoms with Crippen LogP contribution >= 0.6 is 0 Å². The van der Waals surface area contributed by atoms with Crippen LogP contribution in [-0.2, 0) is 16.0 Å². The predicted octanol–water partition coefficient (Wildman–Crippen LogP) is 2.29. The fourth-order valence-electron chi connectivity index (χ4n) is 2.03. The van der Waals surface area contributed by atoms with Gasteiger partial charge in [-0.05, 0) is 49.2 Å². The van der Waals surface area contributed by atoms with Crippen LogP contribution in [0.5, 0.6) is 5.75 Å². The molecule has 2 amide bonds. The summed E-state index contributed by atoms with van der Waals surface area (Å²) in [7, 11) is 0. The van der Waals surface area contributed by atoms with Gasteiger partial charge in [0.25, 0.3) is 5.91 Å². The Balaban J connectivity index is 1.80. The fraction of sp³-hybridized carbons (Fsp3) is 0.222. The molecule has 2 rings (SSSR count). The van der Waals surface area contributed by atoms with Crippen molar-refractivity contribution in [2.45, 2.75) is 26.4 Å². The molecule has 6 heteroatoms. The van der Waals surface area contributed by atoms with Gasteiger partial charge in [-0.15, -0.1) is 0 Å². The van der Waals surface area contributed by atoms with Gasteiger partial charge in [0.2, 0.25) is 5.91 Å². The molecule has 0 spiro atoms. The van der Waals surface area contributed by atoms with Crippen LogP contribution in [0.25, 0.3) is 0 Å². The molecule has 1 atom stereocenters. The number of hydrogen-bond donors (Lipinski definition) is 2. The van der Waals surface area contributed by atoms with Gasteiger partial charge in [0.05, 0.1) is 6.42 Å². The first-order valence-corrected chi connectivity index (χ1v) is 7.51. The number of carbonyl (C=O) groups excluding carboxylic acids is 2. The SMILES string of the molecule is Cc1ccccc1CC(=O)NNC(=O)C(C)Oc1ccc(F)cc1. The molecule has 0 aliphatic rings. The minimum Gasteiger partial charge on any atom is -0.481 e. The lowest BCUT2D eigenvalue weighted by Crippen LogP contribution is -2.47. The highest BCUT2D eigenvalue weighted by atomic mass is 19.1. The number of halogens is 1. The smallest absolute Gasteiger partial charge is 0.279 e. The molecule has 0 fully saturated rings. The van der Waals surface area contributed by atoms with Crippen LogP contribution < -0.4 is 15.6 Å². The van der Waals surface area contributed by atoms with Crippen LogP contribution in [0.1, 0.15) is 18.1 Å². The first-order chi connectivity index (χ1) is 11.5. The standard InChI is InChI=1S/C18H19FN2O3/c1-12-5-3-4-6-14(12)11-17(22)20-21-18(23)13(2)24-16-9-7-15(19)8-10-16/h3-10,13H,11H2,1-2H3,(H,20,22)(H,21,23). The zero-order valence-electron chi connectivity index (χ0n) is 13.5. The Morgan fingerprint density at radius 3 is 2.42 bits per heavy atom. The van der Waals surface area contributed by atoms with Crippen molar-refractivity contribution in [1.29, 1.82) is 0 Å². The summed E-state index contributed by atoms with van der Waals surface area (Å²) in [5.41, 5.74) is 6.57. The minimum atomic E-state index is -0.839. The van der Waals surface area contributed by atoms with E-state index in [2.05, 4.69) is 10.9 Å². The second-order valence-corrected chi connectivity index (χ2v) is 5.35. The van der Waals surface area contributed by atoms with Crippen LogP contribution in [0.3, 0.4) is 0 Å². The second-order valence-electron chi connectivity index (χ2n) is 5.35. The Labute approximate surface area is 139 Å². The maximum atomic E-state index is 12.8. The molecule has 24 heavy (non-hydrogen) atoms. The Kier molecular flexibility index (Phi) is 5.89. The summed E-state index contributed by atoms with van der Waals surface area (Å²) in [5, 5.41) is 0. The maximum absolute atomic E-state index is 12.8. The molecule has 0 aliphatic heterocycles. The highest BCUT2D eigenvalue weighted by Crippen LogP contribution is 2.13. The zero-order valence-corrected chi connectivity index (χ0v) is 13.5. The summed E-state index contributed by atoms with van der Waals surface area (Å²) in [6.07, 6.45) is -0.672. The molecule has 126 valence electrons. The number of nitrogens with one attached hydrogen (secondary N) is 2. The number of rotatable bonds is 5. The third kappa shape index (κ3) is 5.08. The number of aryl methyl sites for hydroxylation is 1. The molecule has 2 aromatic rings. The molecule has 0 saturated carbocycles. The molecule has 0 aliphatic carbocycles. The average molecular weight is 330 g/mol. The Morgan fingerprint density at radius 1 is 1.08 bits per heavy atom. The molecule has 2 N–H and O–H groups in total. The van der Waals surface area contributed by atoms with E-state index in [1.807, 2.05) is 31.2 Å². The average Bonchev–Trinajstić information content (AvgIpc) is 2.57. The number of benzene rings is 2. The van der Waals surface area contributed by atoms with E-state index in [1.165, 1.54) is 31.2 Å². The molecule has 1 unspecified atom stereocenters. The normalized spacial score (nSPS) is 11.5. The van der Waals surface area contributed by atoms with Crippen LogP contribution in [0, 0.1) is 12.7 Å². The van der Waals surface area contributed by atoms with Gasteiger partial charge >= 0.3 is 0 Å². The van der Waals surface area contributed by atoms with Crippen LogP contribution in [0.15, 0.2) is 48.5 Å². The Bertz CT molecular complexity index is 716. The monoisotopic (exact) mass is 330 g/mol. The molecule has 0 radical (unpaired) electrons. The number of hydrazine groups is 1. The van der Waals surface area contributed by atoms with Gasteiger partial charge in [-0.2, -0.15) is 0 Å². The van der Waals surface area contributed by atoms with Crippen molar-refractivity contribution in [3.8, 4) is 5.75 Å². The number of carbonyl (C=O) groups is 2.